The van der Waals surface area contributed by atoms with E-state index in [-0.39, 0.29) is 11.9 Å². The summed E-state index contributed by atoms with van der Waals surface area (Å²) in [5.74, 6) is 1.98. The molecule has 20 heavy (non-hydrogen) atoms. The highest BCUT2D eigenvalue weighted by Crippen LogP contribution is 2.21. The van der Waals surface area contributed by atoms with Gasteiger partial charge in [0, 0.05) is 0 Å². The smallest absolute Gasteiger partial charge is 0.309 e. The molecule has 0 unspecified atom stereocenters. The number of carbonyl (C=O) groups excluding carboxylic acids is 1. The molecule has 0 aliphatic carbocycles. The van der Waals surface area contributed by atoms with Crippen molar-refractivity contribution < 1.29 is 13.9 Å². The molecular formula is C15H24N2O3. The lowest BCUT2D eigenvalue weighted by molar-refractivity contribution is -0.149. The summed E-state index contributed by atoms with van der Waals surface area (Å²) in [6.45, 7) is 5.74. The average Bonchev–Trinajstić information content (AvgIpc) is 2.88. The maximum absolute atomic E-state index is 11.7. The molecule has 0 atom stereocenters. The summed E-state index contributed by atoms with van der Waals surface area (Å²) in [6.07, 6.45) is 1.76. The molecule has 1 fully saturated rings. The number of rotatable bonds is 6. The van der Waals surface area contributed by atoms with Gasteiger partial charge in [-0.15, -0.1) is 0 Å². The van der Waals surface area contributed by atoms with Crippen LogP contribution >= 0.6 is 0 Å². The fraction of sp³-hybridized carbons (Fsp3) is 0.667. The van der Waals surface area contributed by atoms with Crippen LogP contribution in [0.3, 0.4) is 0 Å². The molecule has 1 aromatic rings. The van der Waals surface area contributed by atoms with Gasteiger partial charge in [0.1, 0.15) is 11.5 Å². The van der Waals surface area contributed by atoms with Crippen LogP contribution in [0.15, 0.2) is 16.5 Å². The second-order valence-corrected chi connectivity index (χ2v) is 5.20. The third kappa shape index (κ3) is 4.08. The summed E-state index contributed by atoms with van der Waals surface area (Å²) in [5.41, 5.74) is 0. The van der Waals surface area contributed by atoms with Crippen molar-refractivity contribution in [1.82, 2.24) is 10.2 Å². The number of ether oxygens (including phenoxy) is 1. The first-order valence-corrected chi connectivity index (χ1v) is 7.34. The van der Waals surface area contributed by atoms with Gasteiger partial charge in [-0.2, -0.15) is 0 Å². The molecule has 2 rings (SSSR count). The zero-order valence-corrected chi connectivity index (χ0v) is 12.4. The lowest BCUT2D eigenvalue weighted by Crippen LogP contribution is -2.36. The Balaban J connectivity index is 1.77. The van der Waals surface area contributed by atoms with Crippen molar-refractivity contribution in [3.63, 3.8) is 0 Å². The first kappa shape index (κ1) is 15.1. The Morgan fingerprint density at radius 2 is 2.10 bits per heavy atom. The number of hydrogen-bond donors (Lipinski definition) is 1. The number of carbonyl (C=O) groups is 1. The molecule has 1 saturated heterocycles. The van der Waals surface area contributed by atoms with E-state index in [0.717, 1.165) is 50.5 Å². The number of hydrogen-bond acceptors (Lipinski definition) is 5. The van der Waals surface area contributed by atoms with Gasteiger partial charge in [-0.05, 0) is 52.0 Å². The molecule has 1 N–H and O–H groups in total. The fourth-order valence-electron chi connectivity index (χ4n) is 2.58. The van der Waals surface area contributed by atoms with Crippen molar-refractivity contribution in [2.75, 3.05) is 26.7 Å². The summed E-state index contributed by atoms with van der Waals surface area (Å²) >= 11 is 0. The van der Waals surface area contributed by atoms with Crippen LogP contribution in [0.5, 0.6) is 0 Å². The Morgan fingerprint density at radius 1 is 1.40 bits per heavy atom. The molecule has 0 amide bonds. The highest BCUT2D eigenvalue weighted by atomic mass is 16.5. The summed E-state index contributed by atoms with van der Waals surface area (Å²) in [4.78, 5) is 14.0. The van der Waals surface area contributed by atoms with E-state index in [1.54, 1.807) is 0 Å². The van der Waals surface area contributed by atoms with Crippen LogP contribution in [-0.4, -0.2) is 37.6 Å². The van der Waals surface area contributed by atoms with Gasteiger partial charge < -0.3 is 14.5 Å². The molecule has 0 radical (unpaired) electrons. The van der Waals surface area contributed by atoms with Crippen LogP contribution in [-0.2, 0) is 22.6 Å². The molecular weight excluding hydrogens is 256 g/mol. The zero-order chi connectivity index (χ0) is 14.4. The van der Waals surface area contributed by atoms with Gasteiger partial charge in [-0.25, -0.2) is 0 Å². The Bertz CT molecular complexity index is 423. The number of piperidine rings is 1. The van der Waals surface area contributed by atoms with Crippen LogP contribution in [0.4, 0.5) is 0 Å². The Kier molecular flexibility index (Phi) is 5.61. The molecule has 0 saturated carbocycles. The number of likely N-dealkylation sites (tertiary alicyclic amines) is 1. The molecule has 2 heterocycles. The van der Waals surface area contributed by atoms with Gasteiger partial charge >= 0.3 is 5.97 Å². The van der Waals surface area contributed by atoms with E-state index >= 15 is 0 Å². The second kappa shape index (κ2) is 7.45. The topological polar surface area (TPSA) is 54.7 Å². The second-order valence-electron chi connectivity index (χ2n) is 5.20. The van der Waals surface area contributed by atoms with Crippen LogP contribution in [0.2, 0.25) is 0 Å². The lowest BCUT2D eigenvalue weighted by atomic mass is 9.97. The van der Waals surface area contributed by atoms with E-state index in [4.69, 9.17) is 9.15 Å². The molecule has 0 bridgehead atoms. The molecule has 5 heteroatoms. The lowest BCUT2D eigenvalue weighted by Gasteiger charge is -2.30. The minimum absolute atomic E-state index is 0.0403. The molecule has 0 aromatic carbocycles. The van der Waals surface area contributed by atoms with Gasteiger partial charge in [0.05, 0.1) is 25.6 Å². The molecule has 1 aromatic heterocycles. The van der Waals surface area contributed by atoms with E-state index in [9.17, 15) is 4.79 Å². The van der Waals surface area contributed by atoms with Crippen molar-refractivity contribution in [2.45, 2.75) is 32.9 Å². The zero-order valence-electron chi connectivity index (χ0n) is 12.4. The van der Waals surface area contributed by atoms with E-state index in [0.29, 0.717) is 6.61 Å². The normalized spacial score (nSPS) is 17.3. The number of furan rings is 1. The Labute approximate surface area is 120 Å². The predicted molar refractivity (Wildman–Crippen MR) is 76.1 cm³/mol. The number of esters is 1. The van der Waals surface area contributed by atoms with Gasteiger partial charge in [-0.3, -0.25) is 9.69 Å². The predicted octanol–water partition coefficient (Wildman–Crippen LogP) is 1.77. The van der Waals surface area contributed by atoms with Crippen molar-refractivity contribution in [1.29, 1.82) is 0 Å². The van der Waals surface area contributed by atoms with Crippen molar-refractivity contribution in [3.8, 4) is 0 Å². The summed E-state index contributed by atoms with van der Waals surface area (Å²) < 4.78 is 10.8. The molecule has 1 aliphatic rings. The number of nitrogens with one attached hydrogen (secondary N) is 1. The standard InChI is InChI=1S/C15H24N2O3/c1-3-19-15(18)12-6-8-17(9-7-12)11-14-5-4-13(20-14)10-16-2/h4-5,12,16H,3,6-11H2,1-2H3. The summed E-state index contributed by atoms with van der Waals surface area (Å²) in [7, 11) is 1.91. The Morgan fingerprint density at radius 3 is 2.75 bits per heavy atom. The molecule has 0 spiro atoms. The Hall–Kier alpha value is -1.33. The quantitative estimate of drug-likeness (QED) is 0.805. The monoisotopic (exact) mass is 280 g/mol. The average molecular weight is 280 g/mol. The van der Waals surface area contributed by atoms with Gasteiger partial charge in [0.15, 0.2) is 0 Å². The summed E-state index contributed by atoms with van der Waals surface area (Å²) in [6, 6.07) is 4.04. The highest BCUT2D eigenvalue weighted by Gasteiger charge is 2.26. The minimum Gasteiger partial charge on any atom is -0.466 e. The van der Waals surface area contributed by atoms with Gasteiger partial charge in [0.2, 0.25) is 0 Å². The van der Waals surface area contributed by atoms with Crippen molar-refractivity contribution in [2.24, 2.45) is 5.92 Å². The van der Waals surface area contributed by atoms with E-state index < -0.39 is 0 Å². The largest absolute Gasteiger partial charge is 0.466 e. The SMILES string of the molecule is CCOC(=O)C1CCN(Cc2ccc(CNC)o2)CC1. The van der Waals surface area contributed by atoms with Crippen LogP contribution in [0.1, 0.15) is 31.3 Å². The summed E-state index contributed by atoms with van der Waals surface area (Å²) in [5, 5.41) is 3.07. The van der Waals surface area contributed by atoms with E-state index in [1.165, 1.54) is 0 Å². The van der Waals surface area contributed by atoms with E-state index in [2.05, 4.69) is 10.2 Å². The first-order valence-electron chi connectivity index (χ1n) is 7.34. The van der Waals surface area contributed by atoms with Crippen LogP contribution < -0.4 is 5.32 Å². The van der Waals surface area contributed by atoms with Crippen molar-refractivity contribution in [3.05, 3.63) is 23.7 Å². The maximum atomic E-state index is 11.7. The molecule has 112 valence electrons. The number of nitrogens with zero attached hydrogens (tertiary/aromatic N) is 1. The van der Waals surface area contributed by atoms with Crippen LogP contribution in [0, 0.1) is 5.92 Å². The molecule has 5 nitrogen and oxygen atoms in total. The first-order chi connectivity index (χ1) is 9.72. The van der Waals surface area contributed by atoms with Gasteiger partial charge in [0.25, 0.3) is 0 Å². The van der Waals surface area contributed by atoms with Crippen LogP contribution in [0.25, 0.3) is 0 Å². The van der Waals surface area contributed by atoms with E-state index in [1.807, 2.05) is 26.1 Å². The minimum atomic E-state index is -0.0403. The molecule has 1 aliphatic heterocycles. The van der Waals surface area contributed by atoms with Gasteiger partial charge in [-0.1, -0.05) is 0 Å². The maximum Gasteiger partial charge on any atom is 0.309 e. The van der Waals surface area contributed by atoms with Crippen molar-refractivity contribution >= 4 is 5.97 Å². The fourth-order valence-corrected chi connectivity index (χ4v) is 2.58. The third-order valence-corrected chi connectivity index (χ3v) is 3.66. The third-order valence-electron chi connectivity index (χ3n) is 3.66. The highest BCUT2D eigenvalue weighted by molar-refractivity contribution is 5.72.